The molecule has 1 fully saturated rings. The van der Waals surface area contributed by atoms with E-state index in [1.54, 1.807) is 12.1 Å². The molecule has 0 saturated carbocycles. The summed E-state index contributed by atoms with van der Waals surface area (Å²) in [6.45, 7) is 2.01. The fraction of sp³-hybridized carbons (Fsp3) is 0.417. The zero-order chi connectivity index (χ0) is 12.8. The Bertz CT molecular complexity index is 423. The molecule has 0 spiro atoms. The normalized spacial score (nSPS) is 16.9. The van der Waals surface area contributed by atoms with E-state index in [1.807, 2.05) is 12.1 Å². The molecule has 6 heteroatoms. The molecule has 0 aliphatic carbocycles. The maximum atomic E-state index is 7.56. The van der Waals surface area contributed by atoms with Crippen molar-refractivity contribution < 1.29 is 4.74 Å². The summed E-state index contributed by atoms with van der Waals surface area (Å²) in [5.74, 6) is 5.78. The predicted molar refractivity (Wildman–Crippen MR) is 68.8 cm³/mol. The van der Waals surface area contributed by atoms with Crippen LogP contribution in [-0.2, 0) is 0 Å². The molecule has 0 amide bonds. The molecule has 96 valence electrons. The molecule has 1 saturated heterocycles. The Morgan fingerprint density at radius 3 is 2.56 bits per heavy atom. The Labute approximate surface area is 106 Å². The van der Waals surface area contributed by atoms with E-state index in [4.69, 9.17) is 16.0 Å². The van der Waals surface area contributed by atoms with Gasteiger partial charge in [0.1, 0.15) is 11.9 Å². The maximum absolute atomic E-state index is 7.56. The van der Waals surface area contributed by atoms with Crippen LogP contribution in [-0.4, -0.2) is 25.0 Å². The quantitative estimate of drug-likeness (QED) is 0.248. The monoisotopic (exact) mass is 247 g/mol. The topological polar surface area (TPSA) is 95.9 Å². The van der Waals surface area contributed by atoms with Crippen molar-refractivity contribution in [2.75, 3.05) is 13.1 Å². The first-order valence-electron chi connectivity index (χ1n) is 5.97. The number of benzene rings is 1. The van der Waals surface area contributed by atoms with Gasteiger partial charge in [0.15, 0.2) is 5.84 Å². The van der Waals surface area contributed by atoms with Crippen LogP contribution < -0.4 is 15.9 Å². The summed E-state index contributed by atoms with van der Waals surface area (Å²) in [6, 6.07) is 7.26. The lowest BCUT2D eigenvalue weighted by Gasteiger charge is -2.23. The van der Waals surface area contributed by atoms with Gasteiger partial charge >= 0.3 is 0 Å². The summed E-state index contributed by atoms with van der Waals surface area (Å²) >= 11 is 0. The summed E-state index contributed by atoms with van der Waals surface area (Å²) in [5.41, 5.74) is 0.668. The largest absolute Gasteiger partial charge is 0.490 e. The van der Waals surface area contributed by atoms with Gasteiger partial charge in [0.25, 0.3) is 0 Å². The zero-order valence-electron chi connectivity index (χ0n) is 10.1. The molecule has 0 bridgehead atoms. The Balaban J connectivity index is 1.96. The van der Waals surface area contributed by atoms with Crippen molar-refractivity contribution in [3.63, 3.8) is 0 Å². The van der Waals surface area contributed by atoms with Crippen molar-refractivity contribution in [3.05, 3.63) is 29.8 Å². The summed E-state index contributed by atoms with van der Waals surface area (Å²) in [6.07, 6.45) is 2.33. The van der Waals surface area contributed by atoms with E-state index < -0.39 is 0 Å². The molecule has 0 atom stereocenters. The Morgan fingerprint density at radius 2 is 1.94 bits per heavy atom. The van der Waals surface area contributed by atoms with Crippen LogP contribution in [0.3, 0.4) is 0 Å². The Kier molecular flexibility index (Phi) is 4.25. The fourth-order valence-corrected chi connectivity index (χ4v) is 1.91. The molecule has 0 aromatic heterocycles. The first-order valence-corrected chi connectivity index (χ1v) is 5.97. The zero-order valence-corrected chi connectivity index (χ0v) is 10.1. The van der Waals surface area contributed by atoms with Crippen molar-refractivity contribution in [2.24, 2.45) is 16.2 Å². The molecule has 6 nitrogen and oxygen atoms in total. The van der Waals surface area contributed by atoms with Crippen molar-refractivity contribution in [3.8, 4) is 5.75 Å². The second kappa shape index (κ2) is 6.11. The van der Waals surface area contributed by atoms with Crippen molar-refractivity contribution in [2.45, 2.75) is 18.9 Å². The summed E-state index contributed by atoms with van der Waals surface area (Å²) < 4.78 is 5.86. The van der Waals surface area contributed by atoms with Crippen molar-refractivity contribution >= 4 is 5.84 Å². The highest BCUT2D eigenvalue weighted by Crippen LogP contribution is 2.17. The van der Waals surface area contributed by atoms with Crippen LogP contribution in [0.1, 0.15) is 18.4 Å². The standard InChI is InChI=1S/C12H17N5O/c13-12(16-17-14)9-1-3-10(4-2-9)18-11-5-7-15-8-6-11/h1-4,11,15H,5-8H2,(H3,13,14,16). The van der Waals surface area contributed by atoms with E-state index in [9.17, 15) is 0 Å². The van der Waals surface area contributed by atoms with Crippen molar-refractivity contribution in [1.82, 2.24) is 5.32 Å². The highest BCUT2D eigenvalue weighted by Gasteiger charge is 2.14. The third-order valence-corrected chi connectivity index (χ3v) is 2.87. The van der Waals surface area contributed by atoms with Crippen LogP contribution in [0.4, 0.5) is 0 Å². The lowest BCUT2D eigenvalue weighted by atomic mass is 10.1. The average molecular weight is 247 g/mol. The molecule has 2 rings (SSSR count). The number of amidine groups is 1. The first-order chi connectivity index (χ1) is 8.79. The van der Waals surface area contributed by atoms with E-state index >= 15 is 0 Å². The molecule has 0 unspecified atom stereocenters. The number of hydrogen-bond donors (Lipinski definition) is 3. The van der Waals surface area contributed by atoms with Gasteiger partial charge in [0.2, 0.25) is 0 Å². The fourth-order valence-electron chi connectivity index (χ4n) is 1.91. The predicted octanol–water partition coefficient (Wildman–Crippen LogP) is 1.47. The third-order valence-electron chi connectivity index (χ3n) is 2.87. The number of nitrogens with one attached hydrogen (secondary N) is 2. The molecule has 1 aromatic carbocycles. The molecular formula is C12H17N5O. The van der Waals surface area contributed by atoms with Crippen LogP contribution in [0.2, 0.25) is 0 Å². The van der Waals surface area contributed by atoms with Crippen LogP contribution >= 0.6 is 0 Å². The Hall–Kier alpha value is -1.95. The summed E-state index contributed by atoms with van der Waals surface area (Å²) in [7, 11) is 0. The first kappa shape index (κ1) is 12.5. The third kappa shape index (κ3) is 3.27. The highest BCUT2D eigenvalue weighted by molar-refractivity contribution is 5.96. The molecule has 1 aliphatic heterocycles. The summed E-state index contributed by atoms with van der Waals surface area (Å²) in [5, 5.41) is 17.4. The maximum Gasteiger partial charge on any atom is 0.176 e. The number of nitrogens with two attached hydrogens (primary N) is 1. The van der Waals surface area contributed by atoms with E-state index in [-0.39, 0.29) is 11.9 Å². The minimum atomic E-state index is 0.0471. The Morgan fingerprint density at radius 1 is 1.28 bits per heavy atom. The second-order valence-electron chi connectivity index (χ2n) is 4.16. The van der Waals surface area contributed by atoms with E-state index in [2.05, 4.69) is 15.7 Å². The van der Waals surface area contributed by atoms with E-state index in [0.29, 0.717) is 5.56 Å². The van der Waals surface area contributed by atoms with Crippen LogP contribution in [0.5, 0.6) is 5.75 Å². The number of rotatable bonds is 3. The molecule has 1 aliphatic rings. The molecule has 18 heavy (non-hydrogen) atoms. The van der Waals surface area contributed by atoms with Gasteiger partial charge in [0.05, 0.1) is 0 Å². The minimum absolute atomic E-state index is 0.0471. The minimum Gasteiger partial charge on any atom is -0.490 e. The van der Waals surface area contributed by atoms with Crippen molar-refractivity contribution in [1.29, 1.82) is 5.41 Å². The highest BCUT2D eigenvalue weighted by atomic mass is 16.5. The SMILES string of the molecule is N=C(N=NN)c1ccc(OC2CCNCC2)cc1. The molecule has 4 N–H and O–H groups in total. The van der Waals surface area contributed by atoms with Gasteiger partial charge in [-0.25, -0.2) is 0 Å². The van der Waals surface area contributed by atoms with Gasteiger partial charge in [-0.2, -0.15) is 0 Å². The van der Waals surface area contributed by atoms with Crippen LogP contribution in [0.15, 0.2) is 34.6 Å². The van der Waals surface area contributed by atoms with E-state index in [0.717, 1.165) is 31.7 Å². The smallest absolute Gasteiger partial charge is 0.176 e. The number of piperidine rings is 1. The lowest BCUT2D eigenvalue weighted by Crippen LogP contribution is -2.34. The molecule has 0 radical (unpaired) electrons. The summed E-state index contributed by atoms with van der Waals surface area (Å²) in [4.78, 5) is 0. The van der Waals surface area contributed by atoms with Crippen LogP contribution in [0.25, 0.3) is 0 Å². The van der Waals surface area contributed by atoms with Gasteiger partial charge < -0.3 is 15.9 Å². The molecule has 1 heterocycles. The van der Waals surface area contributed by atoms with Gasteiger partial charge in [0, 0.05) is 5.56 Å². The lowest BCUT2D eigenvalue weighted by molar-refractivity contribution is 0.162. The number of ether oxygens (including phenoxy) is 1. The molecule has 1 aromatic rings. The van der Waals surface area contributed by atoms with Gasteiger partial charge in [-0.15, -0.1) is 5.11 Å². The van der Waals surface area contributed by atoms with Gasteiger partial charge in [-0.1, -0.05) is 5.22 Å². The average Bonchev–Trinajstić information content (AvgIpc) is 2.41. The number of nitrogens with zero attached hydrogens (tertiary/aromatic N) is 2. The molecular weight excluding hydrogens is 230 g/mol. The van der Waals surface area contributed by atoms with Gasteiger partial charge in [-0.3, -0.25) is 5.41 Å². The second-order valence-corrected chi connectivity index (χ2v) is 4.16. The van der Waals surface area contributed by atoms with Gasteiger partial charge in [-0.05, 0) is 50.2 Å². The number of hydrogen-bond acceptors (Lipinski definition) is 4. The van der Waals surface area contributed by atoms with E-state index in [1.165, 1.54) is 0 Å². The van der Waals surface area contributed by atoms with Crippen LogP contribution in [0, 0.1) is 5.41 Å².